The van der Waals surface area contributed by atoms with Crippen molar-refractivity contribution >= 4 is 52.0 Å². The van der Waals surface area contributed by atoms with Crippen LogP contribution in [0.4, 0.5) is 33.3 Å². The SMILES string of the molecule is CC(C)(C)CN(CC(F)(F)F)[C@@H](CNC(=O)c1ccc(Cl)s1)C(=O)Nc1ccc(N2CCOCC2=O)c(C(F)F)c1. The predicted molar refractivity (Wildman–Crippen MR) is 146 cm³/mol. The van der Waals surface area contributed by atoms with E-state index in [-0.39, 0.29) is 42.6 Å². The number of morpholine rings is 1. The molecule has 1 aromatic heterocycles. The number of carbonyl (C=O) groups excluding carboxylic acids is 3. The number of rotatable bonds is 10. The average Bonchev–Trinajstić information content (AvgIpc) is 3.29. The van der Waals surface area contributed by atoms with Gasteiger partial charge in [0.15, 0.2) is 0 Å². The molecule has 1 atom stereocenters. The molecule has 2 aromatic rings. The van der Waals surface area contributed by atoms with E-state index in [4.69, 9.17) is 16.3 Å². The molecule has 2 N–H and O–H groups in total. The van der Waals surface area contributed by atoms with Crippen LogP contribution >= 0.6 is 22.9 Å². The second kappa shape index (κ2) is 13.4. The zero-order valence-electron chi connectivity index (χ0n) is 22.5. The summed E-state index contributed by atoms with van der Waals surface area (Å²) >= 11 is 6.82. The van der Waals surface area contributed by atoms with Gasteiger partial charge in [-0.25, -0.2) is 8.78 Å². The second-order valence-electron chi connectivity index (χ2n) is 10.6. The zero-order chi connectivity index (χ0) is 30.5. The Labute approximate surface area is 242 Å². The number of alkyl halides is 5. The highest BCUT2D eigenvalue weighted by Crippen LogP contribution is 2.33. The monoisotopic (exact) mass is 624 g/mol. The summed E-state index contributed by atoms with van der Waals surface area (Å²) in [5, 5.41) is 4.90. The van der Waals surface area contributed by atoms with E-state index < -0.39 is 60.4 Å². The maximum Gasteiger partial charge on any atom is 0.401 e. The lowest BCUT2D eigenvalue weighted by Crippen LogP contribution is -2.55. The molecule has 226 valence electrons. The third kappa shape index (κ3) is 9.62. The Morgan fingerprint density at radius 3 is 2.41 bits per heavy atom. The predicted octanol–water partition coefficient (Wildman–Crippen LogP) is 5.35. The van der Waals surface area contributed by atoms with E-state index in [1.165, 1.54) is 24.3 Å². The van der Waals surface area contributed by atoms with Crippen molar-refractivity contribution in [2.24, 2.45) is 5.41 Å². The van der Waals surface area contributed by atoms with E-state index in [0.29, 0.717) is 4.34 Å². The average molecular weight is 625 g/mol. The molecule has 1 saturated heterocycles. The van der Waals surface area contributed by atoms with Gasteiger partial charge in [-0.1, -0.05) is 32.4 Å². The first-order valence-electron chi connectivity index (χ1n) is 12.5. The van der Waals surface area contributed by atoms with Gasteiger partial charge in [-0.2, -0.15) is 13.2 Å². The van der Waals surface area contributed by atoms with Gasteiger partial charge in [0.1, 0.15) is 12.6 Å². The van der Waals surface area contributed by atoms with Gasteiger partial charge in [-0.15, -0.1) is 11.3 Å². The number of nitrogens with one attached hydrogen (secondary N) is 2. The first kappa shape index (κ1) is 32.7. The molecule has 1 aliphatic heterocycles. The number of carbonyl (C=O) groups is 3. The highest BCUT2D eigenvalue weighted by molar-refractivity contribution is 7.18. The van der Waals surface area contributed by atoms with E-state index in [2.05, 4.69) is 10.6 Å². The molecule has 0 saturated carbocycles. The van der Waals surface area contributed by atoms with E-state index in [9.17, 15) is 36.3 Å². The van der Waals surface area contributed by atoms with Crippen LogP contribution in [0, 0.1) is 5.41 Å². The molecule has 0 unspecified atom stereocenters. The number of hydrogen-bond acceptors (Lipinski definition) is 6. The van der Waals surface area contributed by atoms with E-state index in [0.717, 1.165) is 27.2 Å². The molecular weight excluding hydrogens is 595 g/mol. The molecule has 3 amide bonds. The molecule has 0 aliphatic carbocycles. The third-order valence-corrected chi connectivity index (χ3v) is 7.09. The summed E-state index contributed by atoms with van der Waals surface area (Å²) in [4.78, 5) is 40.5. The lowest BCUT2D eigenvalue weighted by molar-refractivity contribution is -0.156. The molecule has 41 heavy (non-hydrogen) atoms. The van der Waals surface area contributed by atoms with Crippen LogP contribution in [-0.2, 0) is 14.3 Å². The topological polar surface area (TPSA) is 91.0 Å². The molecule has 1 aromatic carbocycles. The molecule has 0 bridgehead atoms. The molecular formula is C26H30ClF5N4O4S. The number of hydrogen-bond donors (Lipinski definition) is 2. The lowest BCUT2D eigenvalue weighted by Gasteiger charge is -2.36. The van der Waals surface area contributed by atoms with Crippen molar-refractivity contribution in [3.63, 3.8) is 0 Å². The Kier molecular flexibility index (Phi) is 10.7. The fourth-order valence-electron chi connectivity index (χ4n) is 4.27. The highest BCUT2D eigenvalue weighted by atomic mass is 35.5. The lowest BCUT2D eigenvalue weighted by atomic mass is 9.95. The van der Waals surface area contributed by atoms with E-state index in [1.54, 1.807) is 20.8 Å². The van der Waals surface area contributed by atoms with Crippen molar-refractivity contribution in [2.45, 2.75) is 39.4 Å². The van der Waals surface area contributed by atoms with Crippen molar-refractivity contribution in [3.8, 4) is 0 Å². The Morgan fingerprint density at radius 2 is 1.85 bits per heavy atom. The third-order valence-electron chi connectivity index (χ3n) is 5.86. The normalized spacial score (nSPS) is 15.4. The smallest absolute Gasteiger partial charge is 0.370 e. The first-order valence-corrected chi connectivity index (χ1v) is 13.7. The number of amides is 3. The Balaban J connectivity index is 1.91. The summed E-state index contributed by atoms with van der Waals surface area (Å²) in [5.74, 6) is -2.09. The summed E-state index contributed by atoms with van der Waals surface area (Å²) in [6.07, 6.45) is -7.70. The van der Waals surface area contributed by atoms with Crippen LogP contribution in [0.2, 0.25) is 4.34 Å². The summed E-state index contributed by atoms with van der Waals surface area (Å²) in [5.41, 5.74) is -1.39. The number of thiophene rings is 1. The highest BCUT2D eigenvalue weighted by Gasteiger charge is 2.38. The molecule has 2 heterocycles. The summed E-state index contributed by atoms with van der Waals surface area (Å²) in [6, 6.07) is 4.89. The van der Waals surface area contributed by atoms with Crippen LogP contribution in [0.1, 0.15) is 42.4 Å². The number of benzene rings is 1. The van der Waals surface area contributed by atoms with Crippen molar-refractivity contribution in [2.75, 3.05) is 49.6 Å². The van der Waals surface area contributed by atoms with Crippen molar-refractivity contribution in [1.82, 2.24) is 10.2 Å². The Hall–Kier alpha value is -2.81. The molecule has 8 nitrogen and oxygen atoms in total. The zero-order valence-corrected chi connectivity index (χ0v) is 24.1. The van der Waals surface area contributed by atoms with Crippen LogP contribution in [-0.4, -0.2) is 74.2 Å². The second-order valence-corrected chi connectivity index (χ2v) is 12.3. The van der Waals surface area contributed by atoms with E-state index >= 15 is 0 Å². The van der Waals surface area contributed by atoms with Crippen molar-refractivity contribution in [1.29, 1.82) is 0 Å². The molecule has 0 spiro atoms. The van der Waals surface area contributed by atoms with Gasteiger partial charge in [-0.05, 0) is 35.7 Å². The minimum Gasteiger partial charge on any atom is -0.370 e. The molecule has 15 heteroatoms. The Morgan fingerprint density at radius 1 is 1.15 bits per heavy atom. The fourth-order valence-corrected chi connectivity index (χ4v) is 5.23. The summed E-state index contributed by atoms with van der Waals surface area (Å²) in [7, 11) is 0. The first-order chi connectivity index (χ1) is 19.0. The van der Waals surface area contributed by atoms with Gasteiger partial charge in [0, 0.05) is 30.9 Å². The van der Waals surface area contributed by atoms with Gasteiger partial charge in [0.2, 0.25) is 5.91 Å². The van der Waals surface area contributed by atoms with Gasteiger partial charge < -0.3 is 20.3 Å². The maximum atomic E-state index is 14.0. The Bertz CT molecular complexity index is 1240. The van der Waals surface area contributed by atoms with Crippen LogP contribution in [0.25, 0.3) is 0 Å². The van der Waals surface area contributed by atoms with Gasteiger partial charge in [0.05, 0.1) is 28.1 Å². The van der Waals surface area contributed by atoms with Crippen LogP contribution < -0.4 is 15.5 Å². The standard InChI is InChI=1S/C26H30ClF5N4O4S/c1-25(2,3)13-35(14-26(30,31)32)18(11-33-24(39)19-6-7-20(27)41-19)23(38)34-15-4-5-17(16(10-15)22(28)29)36-8-9-40-12-21(36)37/h4-7,10,18,22H,8-9,11-14H2,1-3H3,(H,33,39)(H,34,38)/t18-/m0/s1. The summed E-state index contributed by atoms with van der Waals surface area (Å²) < 4.78 is 74.1. The fraction of sp³-hybridized carbons (Fsp3) is 0.500. The van der Waals surface area contributed by atoms with Crippen LogP contribution in [0.15, 0.2) is 30.3 Å². The number of halogens is 6. The van der Waals surface area contributed by atoms with Crippen LogP contribution in [0.5, 0.6) is 0 Å². The number of ether oxygens (including phenoxy) is 1. The minimum atomic E-state index is -4.68. The van der Waals surface area contributed by atoms with Gasteiger partial charge in [-0.3, -0.25) is 19.3 Å². The summed E-state index contributed by atoms with van der Waals surface area (Å²) in [6.45, 7) is 2.88. The molecule has 1 fully saturated rings. The molecule has 3 rings (SSSR count). The number of anilines is 2. The largest absolute Gasteiger partial charge is 0.401 e. The van der Waals surface area contributed by atoms with E-state index in [1.807, 2.05) is 0 Å². The number of nitrogens with zero attached hydrogens (tertiary/aromatic N) is 2. The van der Waals surface area contributed by atoms with Gasteiger partial charge >= 0.3 is 6.18 Å². The molecule has 0 radical (unpaired) electrons. The van der Waals surface area contributed by atoms with Crippen molar-refractivity contribution in [3.05, 3.63) is 45.1 Å². The van der Waals surface area contributed by atoms with Gasteiger partial charge in [0.25, 0.3) is 18.2 Å². The van der Waals surface area contributed by atoms with Crippen LogP contribution in [0.3, 0.4) is 0 Å². The minimum absolute atomic E-state index is 0.0562. The quantitative estimate of drug-likeness (QED) is 0.348. The molecule has 1 aliphatic rings. The maximum absolute atomic E-state index is 14.0. The van der Waals surface area contributed by atoms with Crippen molar-refractivity contribution < 1.29 is 41.1 Å².